The number of ether oxygens (including phenoxy) is 2. The molecule has 0 spiro atoms. The van der Waals surface area contributed by atoms with Gasteiger partial charge in [0.05, 0.1) is 6.61 Å². The number of likely N-dealkylation sites (tertiary alicyclic amines) is 1. The van der Waals surface area contributed by atoms with Gasteiger partial charge in [-0.2, -0.15) is 0 Å². The van der Waals surface area contributed by atoms with Gasteiger partial charge in [-0.3, -0.25) is 9.59 Å². The molecule has 0 aromatic heterocycles. The van der Waals surface area contributed by atoms with Crippen LogP contribution in [0.25, 0.3) is 0 Å². The van der Waals surface area contributed by atoms with E-state index in [-0.39, 0.29) is 30.1 Å². The van der Waals surface area contributed by atoms with E-state index in [4.69, 9.17) is 9.47 Å². The molecule has 8 heteroatoms. The highest BCUT2D eigenvalue weighted by atomic mass is 16.7. The maximum Gasteiger partial charge on any atom is 0.513 e. The number of hydrogen-bond acceptors (Lipinski definition) is 6. The van der Waals surface area contributed by atoms with Gasteiger partial charge in [-0.05, 0) is 68.1 Å². The molecular weight excluding hydrogens is 400 g/mol. The minimum absolute atomic E-state index is 0.0555. The molecule has 2 amide bonds. The summed E-state index contributed by atoms with van der Waals surface area (Å²) in [5.41, 5.74) is 0.940. The monoisotopic (exact) mass is 426 g/mol. The van der Waals surface area contributed by atoms with E-state index < -0.39 is 6.16 Å². The van der Waals surface area contributed by atoms with Gasteiger partial charge in [0.2, 0.25) is 0 Å². The van der Waals surface area contributed by atoms with Crippen LogP contribution in [0.4, 0.5) is 4.79 Å². The van der Waals surface area contributed by atoms with Crippen molar-refractivity contribution in [3.05, 3.63) is 59.7 Å². The SMILES string of the molecule is CCOC(=O)Oc1ccc(C(=O)N2CCC(CNC(=O)c3cccc(O)c3)CC2)cc1. The van der Waals surface area contributed by atoms with Gasteiger partial charge in [0.15, 0.2) is 0 Å². The lowest BCUT2D eigenvalue weighted by Gasteiger charge is -2.32. The second-order valence-corrected chi connectivity index (χ2v) is 7.31. The molecule has 2 aromatic carbocycles. The van der Waals surface area contributed by atoms with Crippen LogP contribution in [0.1, 0.15) is 40.5 Å². The first-order valence-corrected chi connectivity index (χ1v) is 10.3. The summed E-state index contributed by atoms with van der Waals surface area (Å²) >= 11 is 0. The van der Waals surface area contributed by atoms with E-state index in [1.807, 2.05) is 0 Å². The first kappa shape index (κ1) is 22.1. The number of phenols is 1. The van der Waals surface area contributed by atoms with Crippen molar-refractivity contribution in [2.45, 2.75) is 19.8 Å². The van der Waals surface area contributed by atoms with E-state index in [0.29, 0.717) is 36.5 Å². The Hall–Kier alpha value is -3.55. The Kier molecular flexibility index (Phi) is 7.48. The second-order valence-electron chi connectivity index (χ2n) is 7.31. The largest absolute Gasteiger partial charge is 0.513 e. The number of carbonyl (C=O) groups is 3. The van der Waals surface area contributed by atoms with Gasteiger partial charge in [0, 0.05) is 30.8 Å². The summed E-state index contributed by atoms with van der Waals surface area (Å²) in [6.45, 7) is 3.65. The molecule has 1 fully saturated rings. The van der Waals surface area contributed by atoms with Gasteiger partial charge in [-0.1, -0.05) is 6.07 Å². The minimum atomic E-state index is -0.778. The molecule has 31 heavy (non-hydrogen) atoms. The van der Waals surface area contributed by atoms with Crippen molar-refractivity contribution < 1.29 is 29.0 Å². The van der Waals surface area contributed by atoms with Crippen molar-refractivity contribution in [3.63, 3.8) is 0 Å². The molecule has 2 N–H and O–H groups in total. The minimum Gasteiger partial charge on any atom is -0.508 e. The molecule has 8 nitrogen and oxygen atoms in total. The van der Waals surface area contributed by atoms with E-state index in [1.54, 1.807) is 48.2 Å². The zero-order valence-electron chi connectivity index (χ0n) is 17.4. The van der Waals surface area contributed by atoms with E-state index in [0.717, 1.165) is 12.8 Å². The summed E-state index contributed by atoms with van der Waals surface area (Å²) in [6.07, 6.45) is 0.798. The maximum atomic E-state index is 12.7. The highest BCUT2D eigenvalue weighted by molar-refractivity contribution is 5.95. The molecule has 1 aliphatic heterocycles. The van der Waals surface area contributed by atoms with Crippen LogP contribution in [-0.4, -0.2) is 54.2 Å². The summed E-state index contributed by atoms with van der Waals surface area (Å²) in [6, 6.07) is 12.6. The van der Waals surface area contributed by atoms with E-state index in [1.165, 1.54) is 12.1 Å². The molecular formula is C23H26N2O6. The molecule has 3 rings (SSSR count). The summed E-state index contributed by atoms with van der Waals surface area (Å²) in [4.78, 5) is 38.1. The number of benzene rings is 2. The van der Waals surface area contributed by atoms with Crippen LogP contribution in [0.15, 0.2) is 48.5 Å². The van der Waals surface area contributed by atoms with E-state index >= 15 is 0 Å². The number of nitrogens with zero attached hydrogens (tertiary/aromatic N) is 1. The number of phenolic OH excluding ortho intramolecular Hbond substituents is 1. The van der Waals surface area contributed by atoms with Crippen LogP contribution >= 0.6 is 0 Å². The maximum absolute atomic E-state index is 12.7. The van der Waals surface area contributed by atoms with Gasteiger partial charge in [-0.15, -0.1) is 0 Å². The van der Waals surface area contributed by atoms with Crippen molar-refractivity contribution in [2.75, 3.05) is 26.2 Å². The predicted molar refractivity (Wildman–Crippen MR) is 113 cm³/mol. The van der Waals surface area contributed by atoms with E-state index in [9.17, 15) is 19.5 Å². The van der Waals surface area contributed by atoms with Gasteiger partial charge < -0.3 is 24.8 Å². The lowest BCUT2D eigenvalue weighted by molar-refractivity contribution is 0.0684. The lowest BCUT2D eigenvalue weighted by atomic mass is 9.96. The number of piperidine rings is 1. The lowest BCUT2D eigenvalue weighted by Crippen LogP contribution is -2.41. The number of aromatic hydroxyl groups is 1. The van der Waals surface area contributed by atoms with Crippen LogP contribution in [0, 0.1) is 5.92 Å². The standard InChI is InChI=1S/C23H26N2O6/c1-2-30-23(29)31-20-8-6-17(7-9-20)22(28)25-12-10-16(11-13-25)15-24-21(27)18-4-3-5-19(26)14-18/h3-9,14,16,26H,2,10-13,15H2,1H3,(H,24,27). The molecule has 0 bridgehead atoms. The predicted octanol–water partition coefficient (Wildman–Crippen LogP) is 3.21. The summed E-state index contributed by atoms with van der Waals surface area (Å²) < 4.78 is 9.72. The number of nitrogens with one attached hydrogen (secondary N) is 1. The van der Waals surface area contributed by atoms with Gasteiger partial charge >= 0.3 is 6.16 Å². The molecule has 0 saturated carbocycles. The Morgan fingerprint density at radius 1 is 1.06 bits per heavy atom. The average Bonchev–Trinajstić information content (AvgIpc) is 2.78. The molecule has 1 aliphatic rings. The molecule has 164 valence electrons. The quantitative estimate of drug-likeness (QED) is 0.543. The zero-order valence-corrected chi connectivity index (χ0v) is 17.4. The van der Waals surface area contributed by atoms with Crippen molar-refractivity contribution in [1.82, 2.24) is 10.2 Å². The number of hydrogen-bond donors (Lipinski definition) is 2. The van der Waals surface area contributed by atoms with Crippen LogP contribution in [-0.2, 0) is 4.74 Å². The topological polar surface area (TPSA) is 105 Å². The summed E-state index contributed by atoms with van der Waals surface area (Å²) in [5, 5.41) is 12.4. The molecule has 1 saturated heterocycles. The smallest absolute Gasteiger partial charge is 0.508 e. The molecule has 0 radical (unpaired) electrons. The second kappa shape index (κ2) is 10.5. The summed E-state index contributed by atoms with van der Waals surface area (Å²) in [7, 11) is 0. The van der Waals surface area contributed by atoms with Crippen LogP contribution in [0.2, 0.25) is 0 Å². The van der Waals surface area contributed by atoms with Crippen LogP contribution in [0.3, 0.4) is 0 Å². The number of rotatable bonds is 6. The fraction of sp³-hybridized carbons (Fsp3) is 0.348. The Morgan fingerprint density at radius 2 is 1.77 bits per heavy atom. The van der Waals surface area contributed by atoms with Crippen molar-refractivity contribution in [1.29, 1.82) is 0 Å². The third-order valence-corrected chi connectivity index (χ3v) is 5.13. The highest BCUT2D eigenvalue weighted by Gasteiger charge is 2.24. The Bertz CT molecular complexity index is 920. The first-order valence-electron chi connectivity index (χ1n) is 10.3. The molecule has 0 unspecified atom stereocenters. The van der Waals surface area contributed by atoms with Gasteiger partial charge in [0.1, 0.15) is 11.5 Å². The van der Waals surface area contributed by atoms with E-state index in [2.05, 4.69) is 5.32 Å². The molecule has 0 atom stereocenters. The highest BCUT2D eigenvalue weighted by Crippen LogP contribution is 2.20. The first-order chi connectivity index (χ1) is 15.0. The zero-order chi connectivity index (χ0) is 22.2. The van der Waals surface area contributed by atoms with Gasteiger partial charge in [-0.25, -0.2) is 4.79 Å². The fourth-order valence-electron chi connectivity index (χ4n) is 3.42. The normalized spacial score (nSPS) is 14.0. The Balaban J connectivity index is 1.45. The summed E-state index contributed by atoms with van der Waals surface area (Å²) in [5.74, 6) is 0.353. The van der Waals surface area contributed by atoms with Crippen LogP contribution in [0.5, 0.6) is 11.5 Å². The van der Waals surface area contributed by atoms with Gasteiger partial charge in [0.25, 0.3) is 11.8 Å². The number of carbonyl (C=O) groups excluding carboxylic acids is 3. The Morgan fingerprint density at radius 3 is 2.42 bits per heavy atom. The van der Waals surface area contributed by atoms with Crippen molar-refractivity contribution in [2.24, 2.45) is 5.92 Å². The van der Waals surface area contributed by atoms with Crippen molar-refractivity contribution >= 4 is 18.0 Å². The molecule has 0 aliphatic carbocycles. The average molecular weight is 426 g/mol. The van der Waals surface area contributed by atoms with Crippen LogP contribution < -0.4 is 10.1 Å². The Labute approximate surface area is 180 Å². The molecule has 1 heterocycles. The number of amides is 2. The molecule has 2 aromatic rings. The third-order valence-electron chi connectivity index (χ3n) is 5.13. The fourth-order valence-corrected chi connectivity index (χ4v) is 3.42. The third kappa shape index (κ3) is 6.21. The van der Waals surface area contributed by atoms with Crippen molar-refractivity contribution in [3.8, 4) is 11.5 Å².